The minimum Gasteiger partial charge on any atom is -0.493 e. The molecule has 0 radical (unpaired) electrons. The normalized spacial score (nSPS) is 16.9. The lowest BCUT2D eigenvalue weighted by atomic mass is 9.97. The topological polar surface area (TPSA) is 66.9 Å². The van der Waals surface area contributed by atoms with Crippen molar-refractivity contribution >= 4 is 17.7 Å². The first-order chi connectivity index (χ1) is 14.0. The van der Waals surface area contributed by atoms with Crippen LogP contribution < -0.4 is 4.74 Å². The molecule has 6 heteroatoms. The van der Waals surface area contributed by atoms with Gasteiger partial charge in [-0.05, 0) is 55.5 Å². The number of carbonyl (C=O) groups excluding carboxylic acids is 3. The summed E-state index contributed by atoms with van der Waals surface area (Å²) < 4.78 is 5.89. The number of benzene rings is 2. The monoisotopic (exact) mass is 392 g/mol. The molecular formula is C23H24N2O4. The van der Waals surface area contributed by atoms with Crippen molar-refractivity contribution in [1.29, 1.82) is 0 Å². The van der Waals surface area contributed by atoms with Crippen molar-refractivity contribution < 1.29 is 19.1 Å². The number of rotatable bonds is 5. The average Bonchev–Trinajstić information content (AvgIpc) is 2.98. The van der Waals surface area contributed by atoms with Gasteiger partial charge in [-0.3, -0.25) is 19.3 Å². The van der Waals surface area contributed by atoms with Gasteiger partial charge in [-0.2, -0.15) is 0 Å². The fourth-order valence-corrected chi connectivity index (χ4v) is 3.89. The van der Waals surface area contributed by atoms with E-state index in [4.69, 9.17) is 4.74 Å². The first-order valence-corrected chi connectivity index (χ1v) is 9.95. The smallest absolute Gasteiger partial charge is 0.262 e. The summed E-state index contributed by atoms with van der Waals surface area (Å²) in [4.78, 5) is 40.3. The number of nitrogens with zero attached hydrogens (tertiary/aromatic N) is 2. The van der Waals surface area contributed by atoms with Crippen LogP contribution in [0.15, 0.2) is 48.5 Å². The number of hydrogen-bond donors (Lipinski definition) is 0. The molecule has 3 amide bonds. The lowest BCUT2D eigenvalue weighted by Crippen LogP contribution is -2.46. The van der Waals surface area contributed by atoms with E-state index in [2.05, 4.69) is 0 Å². The molecule has 0 unspecified atom stereocenters. The number of hydrogen-bond acceptors (Lipinski definition) is 4. The van der Waals surface area contributed by atoms with Gasteiger partial charge in [0.2, 0.25) is 5.91 Å². The molecule has 150 valence electrons. The van der Waals surface area contributed by atoms with Crippen molar-refractivity contribution in [3.63, 3.8) is 0 Å². The van der Waals surface area contributed by atoms with Gasteiger partial charge in [0.15, 0.2) is 0 Å². The summed E-state index contributed by atoms with van der Waals surface area (Å²) in [5.74, 6) is 0.298. The molecule has 4 rings (SSSR count). The summed E-state index contributed by atoms with van der Waals surface area (Å²) in [7, 11) is 0. The zero-order chi connectivity index (χ0) is 20.4. The Morgan fingerprint density at radius 3 is 2.28 bits per heavy atom. The summed E-state index contributed by atoms with van der Waals surface area (Å²) in [6.45, 7) is 3.69. The van der Waals surface area contributed by atoms with E-state index < -0.39 is 0 Å². The second-order valence-corrected chi connectivity index (χ2v) is 7.69. The zero-order valence-electron chi connectivity index (χ0n) is 16.5. The molecule has 2 aromatic rings. The van der Waals surface area contributed by atoms with E-state index in [1.165, 1.54) is 0 Å². The first-order valence-electron chi connectivity index (χ1n) is 9.95. The number of amides is 3. The third kappa shape index (κ3) is 4.01. The largest absolute Gasteiger partial charge is 0.493 e. The number of fused-ring (bicyclic) bond motifs is 1. The summed E-state index contributed by atoms with van der Waals surface area (Å²) >= 11 is 0. The van der Waals surface area contributed by atoms with E-state index in [9.17, 15) is 14.4 Å². The molecule has 0 bridgehead atoms. The lowest BCUT2D eigenvalue weighted by Gasteiger charge is -2.32. The molecule has 1 fully saturated rings. The fraction of sp³-hybridized carbons (Fsp3) is 0.348. The second-order valence-electron chi connectivity index (χ2n) is 7.69. The Labute approximate surface area is 170 Å². The van der Waals surface area contributed by atoms with E-state index in [1.54, 1.807) is 29.2 Å². The maximum Gasteiger partial charge on any atom is 0.262 e. The van der Waals surface area contributed by atoms with Gasteiger partial charge in [-0.1, -0.05) is 24.3 Å². The van der Waals surface area contributed by atoms with Crippen molar-refractivity contribution in [3.8, 4) is 5.75 Å². The maximum absolute atomic E-state index is 12.7. The van der Waals surface area contributed by atoms with Crippen LogP contribution in [-0.4, -0.2) is 53.8 Å². The lowest BCUT2D eigenvalue weighted by molar-refractivity contribution is -0.133. The highest BCUT2D eigenvalue weighted by Crippen LogP contribution is 2.24. The van der Waals surface area contributed by atoms with Crippen molar-refractivity contribution in [2.75, 3.05) is 26.2 Å². The minimum atomic E-state index is -0.389. The second kappa shape index (κ2) is 8.07. The SMILES string of the molecule is Cc1cccc(OCC2CCN(C(=O)CN3C(=O)c4ccccc4C3=O)CC2)c1. The van der Waals surface area contributed by atoms with Gasteiger partial charge in [0.05, 0.1) is 17.7 Å². The number of aryl methyl sites for hydroxylation is 1. The molecule has 0 atom stereocenters. The van der Waals surface area contributed by atoms with Gasteiger partial charge in [-0.25, -0.2) is 0 Å². The van der Waals surface area contributed by atoms with Crippen LogP contribution in [0.4, 0.5) is 0 Å². The van der Waals surface area contributed by atoms with Crippen LogP contribution in [0.3, 0.4) is 0 Å². The van der Waals surface area contributed by atoms with E-state index >= 15 is 0 Å². The van der Waals surface area contributed by atoms with Crippen molar-refractivity contribution in [1.82, 2.24) is 9.80 Å². The van der Waals surface area contributed by atoms with Gasteiger partial charge in [0.25, 0.3) is 11.8 Å². The van der Waals surface area contributed by atoms with Crippen LogP contribution >= 0.6 is 0 Å². The third-order valence-corrected chi connectivity index (χ3v) is 5.61. The molecule has 2 aromatic carbocycles. The van der Waals surface area contributed by atoms with E-state index in [-0.39, 0.29) is 24.3 Å². The zero-order valence-corrected chi connectivity index (χ0v) is 16.5. The summed E-state index contributed by atoms with van der Waals surface area (Å²) in [5, 5.41) is 0. The average molecular weight is 392 g/mol. The van der Waals surface area contributed by atoms with Crippen molar-refractivity contribution in [2.24, 2.45) is 5.92 Å². The fourth-order valence-electron chi connectivity index (χ4n) is 3.89. The van der Waals surface area contributed by atoms with Crippen LogP contribution in [0.1, 0.15) is 39.1 Å². The molecule has 2 aliphatic rings. The molecule has 0 aromatic heterocycles. The van der Waals surface area contributed by atoms with E-state index in [0.717, 1.165) is 29.1 Å². The molecule has 6 nitrogen and oxygen atoms in total. The van der Waals surface area contributed by atoms with Crippen molar-refractivity contribution in [3.05, 3.63) is 65.2 Å². The summed E-state index contributed by atoms with van der Waals surface area (Å²) in [5.41, 5.74) is 1.91. The third-order valence-electron chi connectivity index (χ3n) is 5.61. The van der Waals surface area contributed by atoms with Gasteiger partial charge in [-0.15, -0.1) is 0 Å². The van der Waals surface area contributed by atoms with Crippen molar-refractivity contribution in [2.45, 2.75) is 19.8 Å². The van der Waals surface area contributed by atoms with E-state index in [1.807, 2.05) is 31.2 Å². The quantitative estimate of drug-likeness (QED) is 0.734. The van der Waals surface area contributed by atoms with Gasteiger partial charge in [0.1, 0.15) is 12.3 Å². The van der Waals surface area contributed by atoms with Crippen LogP contribution in [0.5, 0.6) is 5.75 Å². The van der Waals surface area contributed by atoms with E-state index in [0.29, 0.717) is 36.7 Å². The predicted molar refractivity (Wildman–Crippen MR) is 108 cm³/mol. The number of likely N-dealkylation sites (tertiary alicyclic amines) is 1. The number of imide groups is 1. The molecule has 2 heterocycles. The van der Waals surface area contributed by atoms with Crippen LogP contribution in [-0.2, 0) is 4.79 Å². The van der Waals surface area contributed by atoms with Crippen LogP contribution in [0.2, 0.25) is 0 Å². The van der Waals surface area contributed by atoms with Crippen LogP contribution in [0, 0.1) is 12.8 Å². The van der Waals surface area contributed by atoms with Gasteiger partial charge in [0, 0.05) is 13.1 Å². The molecule has 1 saturated heterocycles. The Kier molecular flexibility index (Phi) is 5.34. The summed E-state index contributed by atoms with van der Waals surface area (Å²) in [6, 6.07) is 14.7. The highest BCUT2D eigenvalue weighted by molar-refractivity contribution is 6.22. The first kappa shape index (κ1) is 19.2. The molecular weight excluding hydrogens is 368 g/mol. The predicted octanol–water partition coefficient (Wildman–Crippen LogP) is 2.91. The summed E-state index contributed by atoms with van der Waals surface area (Å²) in [6.07, 6.45) is 1.69. The molecule has 0 spiro atoms. The van der Waals surface area contributed by atoms with Crippen LogP contribution in [0.25, 0.3) is 0 Å². The minimum absolute atomic E-state index is 0.183. The molecule has 2 aliphatic heterocycles. The molecule has 0 N–H and O–H groups in total. The Hall–Kier alpha value is -3.15. The number of piperidine rings is 1. The maximum atomic E-state index is 12.7. The Morgan fingerprint density at radius 1 is 1.00 bits per heavy atom. The highest BCUT2D eigenvalue weighted by Gasteiger charge is 2.37. The Balaban J connectivity index is 1.27. The standard InChI is InChI=1S/C23H24N2O4/c1-16-5-4-6-18(13-16)29-15-17-9-11-24(12-10-17)21(26)14-25-22(27)19-7-2-3-8-20(19)23(25)28/h2-8,13,17H,9-12,14-15H2,1H3. The van der Waals surface area contributed by atoms with Gasteiger partial charge < -0.3 is 9.64 Å². The Bertz CT molecular complexity index is 912. The number of carbonyl (C=O) groups is 3. The number of ether oxygens (including phenoxy) is 1. The molecule has 0 aliphatic carbocycles. The molecule has 29 heavy (non-hydrogen) atoms. The highest BCUT2D eigenvalue weighted by atomic mass is 16.5. The Morgan fingerprint density at radius 2 is 1.66 bits per heavy atom. The van der Waals surface area contributed by atoms with Gasteiger partial charge >= 0.3 is 0 Å². The molecule has 0 saturated carbocycles.